The summed E-state index contributed by atoms with van der Waals surface area (Å²) < 4.78 is 23.0. The highest BCUT2D eigenvalue weighted by Crippen LogP contribution is 2.26. The molecular formula is C18H38O4. The topological polar surface area (TPSA) is 36.9 Å². The molecule has 0 radical (unpaired) electrons. The van der Waals surface area contributed by atoms with Gasteiger partial charge in [0.15, 0.2) is 0 Å². The van der Waals surface area contributed by atoms with E-state index in [4.69, 9.17) is 18.9 Å². The summed E-state index contributed by atoms with van der Waals surface area (Å²) in [7, 11) is 3.26. The Balaban J connectivity index is 4.47. The zero-order valence-electron chi connectivity index (χ0n) is 15.5. The molecule has 0 rings (SSSR count). The van der Waals surface area contributed by atoms with Gasteiger partial charge in [-0.05, 0) is 19.3 Å². The molecule has 0 N–H and O–H groups in total. The van der Waals surface area contributed by atoms with Crippen molar-refractivity contribution in [1.82, 2.24) is 0 Å². The van der Waals surface area contributed by atoms with Crippen LogP contribution in [0.3, 0.4) is 0 Å². The van der Waals surface area contributed by atoms with Gasteiger partial charge in [0.05, 0.1) is 6.61 Å². The molecule has 1 unspecified atom stereocenters. The van der Waals surface area contributed by atoms with Crippen LogP contribution in [0.5, 0.6) is 0 Å². The molecule has 134 valence electrons. The van der Waals surface area contributed by atoms with E-state index in [0.29, 0.717) is 13.2 Å². The number of methoxy groups -OCH3 is 2. The molecule has 0 aromatic heterocycles. The summed E-state index contributed by atoms with van der Waals surface area (Å²) in [6.45, 7) is 7.72. The molecule has 0 aliphatic heterocycles. The summed E-state index contributed by atoms with van der Waals surface area (Å²) in [5, 5.41) is 0. The number of ether oxygens (including phenoxy) is 4. The third-order valence-corrected chi connectivity index (χ3v) is 3.81. The standard InChI is InChI=1S/C18H38O4/c1-6-9-10-11-12-13-14-17(21-15-7-2)18(19-4,20-5)22-16-8-3/h17H,6-16H2,1-5H3. The molecule has 4 nitrogen and oxygen atoms in total. The molecule has 22 heavy (non-hydrogen) atoms. The Morgan fingerprint density at radius 1 is 0.727 bits per heavy atom. The molecule has 0 amide bonds. The van der Waals surface area contributed by atoms with Gasteiger partial charge in [0.1, 0.15) is 6.10 Å². The van der Waals surface area contributed by atoms with Crippen molar-refractivity contribution >= 4 is 0 Å². The first-order chi connectivity index (χ1) is 10.7. The van der Waals surface area contributed by atoms with E-state index in [1.54, 1.807) is 14.2 Å². The normalized spacial score (nSPS) is 13.5. The van der Waals surface area contributed by atoms with E-state index < -0.39 is 5.97 Å². The maximum Gasteiger partial charge on any atom is 0.310 e. The molecule has 0 aromatic rings. The SMILES string of the molecule is CCCCCCCCC(OCCC)C(OC)(OC)OCCC. The molecule has 0 fully saturated rings. The summed E-state index contributed by atoms with van der Waals surface area (Å²) in [6.07, 6.45) is 10.2. The van der Waals surface area contributed by atoms with Crippen molar-refractivity contribution in [2.24, 2.45) is 0 Å². The third-order valence-electron chi connectivity index (χ3n) is 3.81. The van der Waals surface area contributed by atoms with Gasteiger partial charge in [-0.3, -0.25) is 0 Å². The lowest BCUT2D eigenvalue weighted by Gasteiger charge is -2.37. The van der Waals surface area contributed by atoms with Crippen LogP contribution < -0.4 is 0 Å². The summed E-state index contributed by atoms with van der Waals surface area (Å²) in [5.74, 6) is -1.07. The maximum absolute atomic E-state index is 5.99. The summed E-state index contributed by atoms with van der Waals surface area (Å²) in [6, 6.07) is 0. The Kier molecular flexibility index (Phi) is 14.3. The fourth-order valence-corrected chi connectivity index (χ4v) is 2.53. The molecule has 0 aliphatic carbocycles. The monoisotopic (exact) mass is 318 g/mol. The van der Waals surface area contributed by atoms with E-state index in [1.165, 1.54) is 32.1 Å². The van der Waals surface area contributed by atoms with E-state index in [0.717, 1.165) is 25.7 Å². The first kappa shape index (κ1) is 21.8. The van der Waals surface area contributed by atoms with Crippen molar-refractivity contribution in [3.05, 3.63) is 0 Å². The molecule has 4 heteroatoms. The highest BCUT2D eigenvalue weighted by Gasteiger charge is 2.41. The van der Waals surface area contributed by atoms with Crippen LogP contribution in [0, 0.1) is 0 Å². The van der Waals surface area contributed by atoms with Gasteiger partial charge in [0, 0.05) is 20.8 Å². The minimum Gasteiger partial charge on any atom is -0.370 e. The van der Waals surface area contributed by atoms with E-state index in [-0.39, 0.29) is 6.10 Å². The van der Waals surface area contributed by atoms with Gasteiger partial charge in [-0.25, -0.2) is 0 Å². The predicted molar refractivity (Wildman–Crippen MR) is 91.0 cm³/mol. The third kappa shape index (κ3) is 8.47. The van der Waals surface area contributed by atoms with Crippen LogP contribution in [-0.4, -0.2) is 39.5 Å². The fourth-order valence-electron chi connectivity index (χ4n) is 2.53. The van der Waals surface area contributed by atoms with Crippen molar-refractivity contribution < 1.29 is 18.9 Å². The molecule has 0 saturated carbocycles. The van der Waals surface area contributed by atoms with E-state index in [1.807, 2.05) is 0 Å². The van der Waals surface area contributed by atoms with Gasteiger partial charge in [-0.15, -0.1) is 0 Å². The van der Waals surface area contributed by atoms with Crippen LogP contribution in [0.4, 0.5) is 0 Å². The van der Waals surface area contributed by atoms with Crippen molar-refractivity contribution in [2.45, 2.75) is 90.6 Å². The van der Waals surface area contributed by atoms with E-state index >= 15 is 0 Å². The van der Waals surface area contributed by atoms with Crippen molar-refractivity contribution in [3.63, 3.8) is 0 Å². The molecule has 0 aliphatic rings. The van der Waals surface area contributed by atoms with Gasteiger partial charge in [0.25, 0.3) is 0 Å². The second-order valence-electron chi connectivity index (χ2n) is 5.78. The van der Waals surface area contributed by atoms with Crippen LogP contribution in [-0.2, 0) is 18.9 Å². The lowest BCUT2D eigenvalue weighted by atomic mass is 10.1. The van der Waals surface area contributed by atoms with Crippen molar-refractivity contribution in [2.75, 3.05) is 27.4 Å². The van der Waals surface area contributed by atoms with Gasteiger partial charge in [0.2, 0.25) is 0 Å². The van der Waals surface area contributed by atoms with Gasteiger partial charge < -0.3 is 18.9 Å². The van der Waals surface area contributed by atoms with Crippen LogP contribution in [0.1, 0.15) is 78.6 Å². The Morgan fingerprint density at radius 3 is 1.86 bits per heavy atom. The van der Waals surface area contributed by atoms with Crippen LogP contribution in [0.25, 0.3) is 0 Å². The lowest BCUT2D eigenvalue weighted by Crippen LogP contribution is -2.50. The highest BCUT2D eigenvalue weighted by atomic mass is 16.9. The molecule has 0 bridgehead atoms. The minimum atomic E-state index is -1.07. The molecule has 0 heterocycles. The summed E-state index contributed by atoms with van der Waals surface area (Å²) >= 11 is 0. The molecule has 1 atom stereocenters. The number of rotatable bonds is 16. The Morgan fingerprint density at radius 2 is 1.32 bits per heavy atom. The Hall–Kier alpha value is -0.160. The fraction of sp³-hybridized carbons (Fsp3) is 1.00. The average Bonchev–Trinajstić information content (AvgIpc) is 2.55. The maximum atomic E-state index is 5.99. The largest absolute Gasteiger partial charge is 0.370 e. The molecular weight excluding hydrogens is 280 g/mol. The van der Waals surface area contributed by atoms with Crippen molar-refractivity contribution in [1.29, 1.82) is 0 Å². The lowest BCUT2D eigenvalue weighted by molar-refractivity contribution is -0.402. The zero-order valence-corrected chi connectivity index (χ0v) is 15.5. The first-order valence-corrected chi connectivity index (χ1v) is 9.06. The van der Waals surface area contributed by atoms with Gasteiger partial charge in [-0.2, -0.15) is 0 Å². The molecule has 0 spiro atoms. The second-order valence-corrected chi connectivity index (χ2v) is 5.78. The summed E-state index contributed by atoms with van der Waals surface area (Å²) in [5.41, 5.74) is 0. The van der Waals surface area contributed by atoms with Crippen LogP contribution >= 0.6 is 0 Å². The van der Waals surface area contributed by atoms with E-state index in [9.17, 15) is 0 Å². The number of hydrogen-bond donors (Lipinski definition) is 0. The van der Waals surface area contributed by atoms with Gasteiger partial charge in [-0.1, -0.05) is 59.3 Å². The Bertz CT molecular complexity index is 229. The second kappa shape index (κ2) is 14.4. The van der Waals surface area contributed by atoms with Crippen LogP contribution in [0.2, 0.25) is 0 Å². The molecule has 0 aromatic carbocycles. The quantitative estimate of drug-likeness (QED) is 0.299. The van der Waals surface area contributed by atoms with Crippen LogP contribution in [0.15, 0.2) is 0 Å². The number of unbranched alkanes of at least 4 members (excludes halogenated alkanes) is 5. The Labute approximate surface area is 137 Å². The predicted octanol–water partition coefficient (Wildman–Crippen LogP) is 4.91. The first-order valence-electron chi connectivity index (χ1n) is 9.06. The highest BCUT2D eigenvalue weighted by molar-refractivity contribution is 4.72. The summed E-state index contributed by atoms with van der Waals surface area (Å²) in [4.78, 5) is 0. The number of hydrogen-bond acceptors (Lipinski definition) is 4. The average molecular weight is 318 g/mol. The smallest absolute Gasteiger partial charge is 0.310 e. The van der Waals surface area contributed by atoms with Gasteiger partial charge >= 0.3 is 5.97 Å². The minimum absolute atomic E-state index is 0.180. The van der Waals surface area contributed by atoms with E-state index in [2.05, 4.69) is 20.8 Å². The zero-order chi connectivity index (χ0) is 16.7. The molecule has 0 saturated heterocycles. The van der Waals surface area contributed by atoms with Crippen molar-refractivity contribution in [3.8, 4) is 0 Å².